The molecule has 0 spiro atoms. The maximum Gasteiger partial charge on any atom is 0.0162 e. The number of hydrogen-bond donors (Lipinski definition) is 1. The zero-order valence-electron chi connectivity index (χ0n) is 12.2. The first kappa shape index (κ1) is 14.0. The molecule has 0 aliphatic heterocycles. The van der Waals surface area contributed by atoms with Crippen LogP contribution in [0.1, 0.15) is 73.6 Å². The fraction of sp³-hybridized carbons (Fsp3) is 1.00. The predicted molar refractivity (Wildman–Crippen MR) is 72.4 cm³/mol. The fourth-order valence-electron chi connectivity index (χ4n) is 3.62. The Kier molecular flexibility index (Phi) is 3.79. The van der Waals surface area contributed by atoms with E-state index in [1.54, 1.807) is 0 Å². The van der Waals surface area contributed by atoms with Gasteiger partial charge in [0, 0.05) is 5.54 Å². The lowest BCUT2D eigenvalue weighted by Gasteiger charge is -2.46. The van der Waals surface area contributed by atoms with Gasteiger partial charge in [0.05, 0.1) is 0 Å². The van der Waals surface area contributed by atoms with E-state index in [2.05, 4.69) is 41.5 Å². The maximum atomic E-state index is 6.63. The molecular formula is C15H31N. The third-order valence-corrected chi connectivity index (χ3v) is 3.86. The molecule has 0 amide bonds. The Morgan fingerprint density at radius 2 is 1.75 bits per heavy atom. The molecule has 0 aromatic carbocycles. The molecule has 2 atom stereocenters. The summed E-state index contributed by atoms with van der Waals surface area (Å²) in [5.41, 5.74) is 7.57. The molecule has 1 nitrogen and oxygen atoms in total. The summed E-state index contributed by atoms with van der Waals surface area (Å²) in [5, 5.41) is 0. The van der Waals surface area contributed by atoms with Crippen molar-refractivity contribution < 1.29 is 0 Å². The molecule has 2 unspecified atom stereocenters. The summed E-state index contributed by atoms with van der Waals surface area (Å²) in [6.45, 7) is 14.1. The third kappa shape index (κ3) is 4.45. The molecule has 2 N–H and O–H groups in total. The first-order chi connectivity index (χ1) is 7.02. The first-order valence-electron chi connectivity index (χ1n) is 6.80. The van der Waals surface area contributed by atoms with E-state index in [1.165, 1.54) is 32.1 Å². The summed E-state index contributed by atoms with van der Waals surface area (Å²) in [7, 11) is 0. The molecule has 1 heteroatoms. The van der Waals surface area contributed by atoms with Crippen molar-refractivity contribution in [2.24, 2.45) is 22.5 Å². The van der Waals surface area contributed by atoms with Crippen molar-refractivity contribution in [3.8, 4) is 0 Å². The van der Waals surface area contributed by atoms with Crippen molar-refractivity contribution in [3.05, 3.63) is 0 Å². The van der Waals surface area contributed by atoms with Gasteiger partial charge in [0.15, 0.2) is 0 Å². The highest BCUT2D eigenvalue weighted by Crippen LogP contribution is 2.45. The van der Waals surface area contributed by atoms with Gasteiger partial charge in [0.2, 0.25) is 0 Å². The van der Waals surface area contributed by atoms with Gasteiger partial charge in [-0.2, -0.15) is 0 Å². The fourth-order valence-corrected chi connectivity index (χ4v) is 3.62. The van der Waals surface area contributed by atoms with Crippen LogP contribution in [0.2, 0.25) is 0 Å². The molecule has 1 rings (SSSR count). The highest BCUT2D eigenvalue weighted by Gasteiger charge is 2.40. The average molecular weight is 225 g/mol. The van der Waals surface area contributed by atoms with E-state index >= 15 is 0 Å². The van der Waals surface area contributed by atoms with E-state index in [-0.39, 0.29) is 5.54 Å². The maximum absolute atomic E-state index is 6.63. The van der Waals surface area contributed by atoms with Crippen molar-refractivity contribution in [1.82, 2.24) is 0 Å². The summed E-state index contributed by atoms with van der Waals surface area (Å²) in [5.74, 6) is 0.786. The number of hydrogen-bond acceptors (Lipinski definition) is 1. The smallest absolute Gasteiger partial charge is 0.0162 e. The predicted octanol–water partition coefficient (Wildman–Crippen LogP) is 4.36. The molecule has 1 fully saturated rings. The monoisotopic (exact) mass is 225 g/mol. The van der Waals surface area contributed by atoms with Gasteiger partial charge in [-0.15, -0.1) is 0 Å². The normalized spacial score (nSPS) is 35.1. The van der Waals surface area contributed by atoms with Crippen molar-refractivity contribution in [2.75, 3.05) is 0 Å². The van der Waals surface area contributed by atoms with Crippen molar-refractivity contribution >= 4 is 0 Å². The molecule has 0 bridgehead atoms. The topological polar surface area (TPSA) is 26.0 Å². The van der Waals surface area contributed by atoms with Crippen LogP contribution in [0.25, 0.3) is 0 Å². The first-order valence-corrected chi connectivity index (χ1v) is 6.80. The zero-order chi connectivity index (χ0) is 12.6. The van der Waals surface area contributed by atoms with Crippen LogP contribution >= 0.6 is 0 Å². The van der Waals surface area contributed by atoms with Gasteiger partial charge in [0.25, 0.3) is 0 Å². The minimum atomic E-state index is 0.0917. The molecule has 0 radical (unpaired) electrons. The summed E-state index contributed by atoms with van der Waals surface area (Å²) in [6.07, 6.45) is 6.17. The summed E-state index contributed by atoms with van der Waals surface area (Å²) in [6, 6.07) is 0. The van der Waals surface area contributed by atoms with Gasteiger partial charge in [0.1, 0.15) is 0 Å². The molecule has 0 aromatic rings. The van der Waals surface area contributed by atoms with Crippen LogP contribution in [0, 0.1) is 16.7 Å². The van der Waals surface area contributed by atoms with Gasteiger partial charge in [-0.3, -0.25) is 0 Å². The van der Waals surface area contributed by atoms with E-state index < -0.39 is 0 Å². The highest BCUT2D eigenvalue weighted by atomic mass is 14.8. The molecule has 96 valence electrons. The Hall–Kier alpha value is -0.0400. The second kappa shape index (κ2) is 4.33. The van der Waals surface area contributed by atoms with Crippen LogP contribution in [0.15, 0.2) is 0 Å². The average Bonchev–Trinajstić information content (AvgIpc) is 1.94. The summed E-state index contributed by atoms with van der Waals surface area (Å²) < 4.78 is 0. The lowest BCUT2D eigenvalue weighted by atomic mass is 9.62. The summed E-state index contributed by atoms with van der Waals surface area (Å²) >= 11 is 0. The SMILES string of the molecule is CC1CC(C)(C)CC(N)(CCC(C)(C)C)C1. The van der Waals surface area contributed by atoms with Crippen molar-refractivity contribution in [1.29, 1.82) is 0 Å². The Balaban J connectivity index is 2.62. The number of rotatable bonds is 2. The van der Waals surface area contributed by atoms with Crippen LogP contribution in [0.4, 0.5) is 0 Å². The van der Waals surface area contributed by atoms with E-state index in [0.29, 0.717) is 10.8 Å². The van der Waals surface area contributed by atoms with Crippen LogP contribution in [-0.2, 0) is 0 Å². The van der Waals surface area contributed by atoms with Crippen molar-refractivity contribution in [3.63, 3.8) is 0 Å². The standard InChI is InChI=1S/C15H31N/c1-12-9-14(5,6)11-15(16,10-12)8-7-13(2,3)4/h12H,7-11,16H2,1-6H3. The van der Waals surface area contributed by atoms with Crippen molar-refractivity contribution in [2.45, 2.75) is 79.2 Å². The van der Waals surface area contributed by atoms with Gasteiger partial charge in [-0.25, -0.2) is 0 Å². The molecule has 1 aliphatic rings. The molecule has 1 saturated carbocycles. The van der Waals surface area contributed by atoms with E-state index in [0.717, 1.165) is 5.92 Å². The lowest BCUT2D eigenvalue weighted by Crippen LogP contribution is -2.49. The van der Waals surface area contributed by atoms with E-state index in [4.69, 9.17) is 5.73 Å². The minimum absolute atomic E-state index is 0.0917. The Bertz CT molecular complexity index is 236. The highest BCUT2D eigenvalue weighted by molar-refractivity contribution is 4.97. The van der Waals surface area contributed by atoms with Crippen LogP contribution in [-0.4, -0.2) is 5.54 Å². The largest absolute Gasteiger partial charge is 0.325 e. The Morgan fingerprint density at radius 1 is 1.19 bits per heavy atom. The molecular weight excluding hydrogens is 194 g/mol. The second-order valence-corrected chi connectivity index (χ2v) is 8.28. The van der Waals surface area contributed by atoms with Gasteiger partial charge >= 0.3 is 0 Å². The number of nitrogens with two attached hydrogens (primary N) is 1. The molecule has 0 saturated heterocycles. The van der Waals surface area contributed by atoms with Crippen LogP contribution < -0.4 is 5.73 Å². The zero-order valence-corrected chi connectivity index (χ0v) is 12.2. The Morgan fingerprint density at radius 3 is 2.19 bits per heavy atom. The quantitative estimate of drug-likeness (QED) is 0.742. The lowest BCUT2D eigenvalue weighted by molar-refractivity contribution is 0.0931. The minimum Gasteiger partial charge on any atom is -0.325 e. The molecule has 1 aliphatic carbocycles. The van der Waals surface area contributed by atoms with E-state index in [9.17, 15) is 0 Å². The Labute approximate surface area is 102 Å². The van der Waals surface area contributed by atoms with E-state index in [1.807, 2.05) is 0 Å². The molecule has 0 heterocycles. The molecule has 16 heavy (non-hydrogen) atoms. The van der Waals surface area contributed by atoms with Crippen LogP contribution in [0.3, 0.4) is 0 Å². The van der Waals surface area contributed by atoms with Gasteiger partial charge in [-0.1, -0.05) is 41.5 Å². The van der Waals surface area contributed by atoms with Gasteiger partial charge < -0.3 is 5.73 Å². The van der Waals surface area contributed by atoms with Crippen LogP contribution in [0.5, 0.6) is 0 Å². The second-order valence-electron chi connectivity index (χ2n) is 8.28. The summed E-state index contributed by atoms with van der Waals surface area (Å²) in [4.78, 5) is 0. The third-order valence-electron chi connectivity index (χ3n) is 3.86. The van der Waals surface area contributed by atoms with Gasteiger partial charge in [-0.05, 0) is 48.9 Å². The molecule has 0 aromatic heterocycles.